The van der Waals surface area contributed by atoms with Crippen LogP contribution in [0.2, 0.25) is 0 Å². The van der Waals surface area contributed by atoms with Crippen molar-refractivity contribution in [1.29, 1.82) is 0 Å². The van der Waals surface area contributed by atoms with E-state index in [-0.39, 0.29) is 12.5 Å². The summed E-state index contributed by atoms with van der Waals surface area (Å²) in [5, 5.41) is 2.96. The third-order valence-electron chi connectivity index (χ3n) is 3.62. The topological polar surface area (TPSA) is 99.1 Å². The summed E-state index contributed by atoms with van der Waals surface area (Å²) >= 11 is 0. The van der Waals surface area contributed by atoms with Crippen molar-refractivity contribution in [2.45, 2.75) is 43.1 Å². The van der Waals surface area contributed by atoms with E-state index in [2.05, 4.69) is 9.07 Å². The highest BCUT2D eigenvalue weighted by Crippen LogP contribution is 2.36. The average Bonchev–Trinajstić information content (AvgIpc) is 2.85. The first-order valence-corrected chi connectivity index (χ1v) is 7.47. The highest BCUT2D eigenvalue weighted by Gasteiger charge is 2.57. The van der Waals surface area contributed by atoms with Crippen molar-refractivity contribution in [3.05, 3.63) is 0 Å². The minimum atomic E-state index is -5.75. The molecule has 0 bridgehead atoms. The first-order chi connectivity index (χ1) is 9.28. The minimum absolute atomic E-state index is 0.152. The molecule has 1 heterocycles. The summed E-state index contributed by atoms with van der Waals surface area (Å²) < 4.78 is 60.5. The second-order valence-corrected chi connectivity index (χ2v) is 6.41. The monoisotopic (exact) mass is 316 g/mol. The fraction of sp³-hybridized carbons (Fsp3) is 0.900. The Morgan fingerprint density at radius 3 is 2.65 bits per heavy atom. The normalized spacial score (nSPS) is 30.9. The largest absolute Gasteiger partial charge is 0.468 e. The van der Waals surface area contributed by atoms with Crippen LogP contribution >= 0.6 is 0 Å². The van der Waals surface area contributed by atoms with Gasteiger partial charge in [0.1, 0.15) is 6.10 Å². The van der Waals surface area contributed by atoms with Gasteiger partial charge in [0.15, 0.2) is 0 Å². The molecular formula is C10H14F2O7S. The van der Waals surface area contributed by atoms with Crippen molar-refractivity contribution in [3.8, 4) is 0 Å². The smallest absolute Gasteiger partial charge is 0.457 e. The van der Waals surface area contributed by atoms with Gasteiger partial charge in [-0.15, -0.1) is 4.33 Å². The van der Waals surface area contributed by atoms with Crippen molar-refractivity contribution >= 4 is 16.1 Å². The molecule has 1 aliphatic carbocycles. The van der Waals surface area contributed by atoms with E-state index < -0.39 is 27.4 Å². The van der Waals surface area contributed by atoms with Gasteiger partial charge < -0.3 is 9.47 Å². The third kappa shape index (κ3) is 2.78. The third-order valence-corrected chi connectivity index (χ3v) is 4.62. The molecule has 2 fully saturated rings. The van der Waals surface area contributed by atoms with Crippen molar-refractivity contribution in [3.63, 3.8) is 0 Å². The average molecular weight is 316 g/mol. The van der Waals surface area contributed by atoms with Crippen molar-refractivity contribution in [1.82, 2.24) is 0 Å². The molecule has 0 spiro atoms. The van der Waals surface area contributed by atoms with Gasteiger partial charge in [-0.05, 0) is 25.2 Å². The van der Waals surface area contributed by atoms with Crippen LogP contribution in [-0.2, 0) is 28.7 Å². The van der Waals surface area contributed by atoms with Crippen LogP contribution in [0.1, 0.15) is 25.7 Å². The molecule has 0 radical (unpaired) electrons. The number of hydrogen-bond donors (Lipinski definition) is 1. The Bertz CT molecular complexity index is 478. The number of hydrogen-bond acceptors (Lipinski definition) is 7. The van der Waals surface area contributed by atoms with Gasteiger partial charge in [0.05, 0.1) is 6.10 Å². The van der Waals surface area contributed by atoms with Gasteiger partial charge in [-0.25, -0.2) is 10.1 Å². The van der Waals surface area contributed by atoms with Crippen LogP contribution in [0.15, 0.2) is 0 Å². The lowest BCUT2D eigenvalue weighted by Gasteiger charge is -2.30. The predicted molar refractivity (Wildman–Crippen MR) is 59.2 cm³/mol. The second-order valence-electron chi connectivity index (χ2n) is 4.84. The molecule has 0 aromatic carbocycles. The van der Waals surface area contributed by atoms with Gasteiger partial charge in [0.25, 0.3) is 0 Å². The molecule has 116 valence electrons. The van der Waals surface area contributed by atoms with E-state index in [4.69, 9.17) is 9.99 Å². The standard InChI is InChI=1S/C10H14F2O7S/c11-10(12,20(15,16)19-14)9(13)18-7-2-1-6-3-4-17-8(6)5-7/h6-8,14H,1-5H2. The molecule has 0 aromatic rings. The van der Waals surface area contributed by atoms with E-state index in [1.807, 2.05) is 0 Å². The Morgan fingerprint density at radius 2 is 2.00 bits per heavy atom. The van der Waals surface area contributed by atoms with E-state index >= 15 is 0 Å². The van der Waals surface area contributed by atoms with E-state index in [0.29, 0.717) is 25.4 Å². The molecule has 1 saturated heterocycles. The van der Waals surface area contributed by atoms with E-state index in [1.165, 1.54) is 0 Å². The Kier molecular flexibility index (Phi) is 4.28. The summed E-state index contributed by atoms with van der Waals surface area (Å²) in [4.78, 5) is 11.2. The van der Waals surface area contributed by atoms with Crippen LogP contribution in [0.4, 0.5) is 8.78 Å². The summed E-state index contributed by atoms with van der Waals surface area (Å²) in [5.74, 6) is -1.93. The van der Waals surface area contributed by atoms with Crippen molar-refractivity contribution in [2.24, 2.45) is 5.92 Å². The number of fused-ring (bicyclic) bond motifs is 1. The Hall–Kier alpha value is -0.840. The van der Waals surface area contributed by atoms with Crippen LogP contribution in [-0.4, -0.2) is 43.7 Å². The van der Waals surface area contributed by atoms with E-state index in [1.54, 1.807) is 0 Å². The van der Waals surface area contributed by atoms with Gasteiger partial charge in [-0.2, -0.15) is 17.2 Å². The number of halogens is 2. The summed E-state index contributed by atoms with van der Waals surface area (Å²) in [6, 6.07) is 0. The maximum Gasteiger partial charge on any atom is 0.468 e. The summed E-state index contributed by atoms with van der Waals surface area (Å²) in [7, 11) is -5.75. The minimum Gasteiger partial charge on any atom is -0.457 e. The van der Waals surface area contributed by atoms with Crippen LogP contribution in [0, 0.1) is 5.92 Å². The van der Waals surface area contributed by atoms with Crippen LogP contribution < -0.4 is 0 Å². The SMILES string of the molecule is O=C(OC1CCC2CCOC2C1)C(F)(F)S(=O)(=O)OO. The maximum atomic E-state index is 13.2. The molecule has 20 heavy (non-hydrogen) atoms. The predicted octanol–water partition coefficient (Wildman–Crippen LogP) is 0.899. The van der Waals surface area contributed by atoms with Crippen LogP contribution in [0.5, 0.6) is 0 Å². The maximum absolute atomic E-state index is 13.2. The summed E-state index contributed by atoms with van der Waals surface area (Å²) in [5.41, 5.74) is 0. The number of ether oxygens (including phenoxy) is 2. The van der Waals surface area contributed by atoms with Gasteiger partial charge >= 0.3 is 21.3 Å². The first kappa shape index (κ1) is 15.5. The molecule has 1 saturated carbocycles. The Labute approximate surface area is 113 Å². The molecule has 2 rings (SSSR count). The van der Waals surface area contributed by atoms with Crippen LogP contribution in [0.3, 0.4) is 0 Å². The lowest BCUT2D eigenvalue weighted by Crippen LogP contribution is -2.43. The highest BCUT2D eigenvalue weighted by atomic mass is 32.2. The van der Waals surface area contributed by atoms with Gasteiger partial charge in [0, 0.05) is 13.0 Å². The highest BCUT2D eigenvalue weighted by molar-refractivity contribution is 7.88. The molecule has 3 unspecified atom stereocenters. The van der Waals surface area contributed by atoms with Crippen LogP contribution in [0.25, 0.3) is 0 Å². The number of carbonyl (C=O) groups is 1. The molecule has 7 nitrogen and oxygen atoms in total. The quantitative estimate of drug-likeness (QED) is 0.467. The Balaban J connectivity index is 1.98. The number of carbonyl (C=O) groups excluding carboxylic acids is 1. The van der Waals surface area contributed by atoms with Gasteiger partial charge in [-0.1, -0.05) is 0 Å². The van der Waals surface area contributed by atoms with Gasteiger partial charge in [0.2, 0.25) is 0 Å². The molecule has 2 aliphatic rings. The molecular weight excluding hydrogens is 302 g/mol. The first-order valence-electron chi connectivity index (χ1n) is 6.06. The Morgan fingerprint density at radius 1 is 1.30 bits per heavy atom. The molecule has 1 aliphatic heterocycles. The fourth-order valence-corrected chi connectivity index (χ4v) is 2.88. The molecule has 1 N–H and O–H groups in total. The molecule has 0 amide bonds. The zero-order valence-electron chi connectivity index (χ0n) is 10.3. The van der Waals surface area contributed by atoms with E-state index in [9.17, 15) is 22.0 Å². The van der Waals surface area contributed by atoms with Gasteiger partial charge in [-0.3, -0.25) is 0 Å². The number of rotatable bonds is 4. The van der Waals surface area contributed by atoms with E-state index in [0.717, 1.165) is 6.42 Å². The van der Waals surface area contributed by atoms with Crippen molar-refractivity contribution in [2.75, 3.05) is 6.61 Å². The fourth-order valence-electron chi connectivity index (χ4n) is 2.54. The second kappa shape index (κ2) is 5.51. The van der Waals surface area contributed by atoms with Crippen molar-refractivity contribution < 1.29 is 41.1 Å². The molecule has 3 atom stereocenters. The molecule has 10 heteroatoms. The number of alkyl halides is 2. The lowest BCUT2D eigenvalue weighted by atomic mass is 9.84. The zero-order valence-corrected chi connectivity index (χ0v) is 11.1. The molecule has 0 aromatic heterocycles. The zero-order chi connectivity index (χ0) is 15.0. The lowest BCUT2D eigenvalue weighted by molar-refractivity contribution is -0.178. The summed E-state index contributed by atoms with van der Waals surface area (Å²) in [6.45, 7) is 0.582. The number of esters is 1. The summed E-state index contributed by atoms with van der Waals surface area (Å²) in [6.07, 6.45) is 1.19.